The molecule has 3 nitrogen and oxygen atoms in total. The fraction of sp³-hybridized carbons (Fsp3) is 0. The van der Waals surface area contributed by atoms with Crippen molar-refractivity contribution >= 4 is 71.7 Å². The van der Waals surface area contributed by atoms with E-state index in [2.05, 4.69) is 157 Å². The highest BCUT2D eigenvalue weighted by molar-refractivity contribution is 6.10. The van der Waals surface area contributed by atoms with Crippen molar-refractivity contribution in [3.8, 4) is 22.3 Å². The molecular weight excluding hydrogens is 599 g/mol. The summed E-state index contributed by atoms with van der Waals surface area (Å²) in [6.45, 7) is 0. The predicted molar refractivity (Wildman–Crippen MR) is 204 cm³/mol. The van der Waals surface area contributed by atoms with Crippen LogP contribution in [0.1, 0.15) is 0 Å². The van der Waals surface area contributed by atoms with Crippen LogP contribution in [0.5, 0.6) is 0 Å². The van der Waals surface area contributed by atoms with Gasteiger partial charge in [0.05, 0.1) is 5.69 Å². The van der Waals surface area contributed by atoms with Gasteiger partial charge in [0.1, 0.15) is 22.3 Å². The fourth-order valence-electron chi connectivity index (χ4n) is 7.30. The van der Waals surface area contributed by atoms with Crippen LogP contribution in [0.3, 0.4) is 0 Å². The number of furan rings is 2. The van der Waals surface area contributed by atoms with E-state index in [0.717, 1.165) is 83.2 Å². The molecule has 2 heterocycles. The van der Waals surface area contributed by atoms with Gasteiger partial charge in [-0.15, -0.1) is 0 Å². The lowest BCUT2D eigenvalue weighted by Crippen LogP contribution is -2.10. The molecule has 0 bridgehead atoms. The molecule has 0 saturated carbocycles. The summed E-state index contributed by atoms with van der Waals surface area (Å²) in [5, 5.41) is 6.95. The molecule has 0 aliphatic carbocycles. The average molecular weight is 628 g/mol. The van der Waals surface area contributed by atoms with E-state index in [1.807, 2.05) is 24.3 Å². The van der Waals surface area contributed by atoms with E-state index in [4.69, 9.17) is 8.83 Å². The molecule has 0 fully saturated rings. The van der Waals surface area contributed by atoms with Crippen molar-refractivity contribution in [1.29, 1.82) is 0 Å². The van der Waals surface area contributed by atoms with Crippen molar-refractivity contribution in [3.63, 3.8) is 0 Å². The number of hydrogen-bond donors (Lipinski definition) is 0. The number of fused-ring (bicyclic) bond motifs is 7. The van der Waals surface area contributed by atoms with Crippen LogP contribution in [0.15, 0.2) is 185 Å². The fourth-order valence-corrected chi connectivity index (χ4v) is 7.30. The third kappa shape index (κ3) is 4.51. The molecule has 0 amide bonds. The maximum atomic E-state index is 6.37. The Kier molecular flexibility index (Phi) is 6.18. The molecule has 8 aromatic carbocycles. The zero-order valence-electron chi connectivity index (χ0n) is 26.5. The van der Waals surface area contributed by atoms with E-state index < -0.39 is 0 Å². The topological polar surface area (TPSA) is 29.5 Å². The highest BCUT2D eigenvalue weighted by Crippen LogP contribution is 2.42. The van der Waals surface area contributed by atoms with Crippen LogP contribution in [0, 0.1) is 0 Å². The van der Waals surface area contributed by atoms with Gasteiger partial charge in [-0.2, -0.15) is 0 Å². The number of hydrogen-bond acceptors (Lipinski definition) is 3. The summed E-state index contributed by atoms with van der Waals surface area (Å²) in [4.78, 5) is 2.35. The zero-order valence-corrected chi connectivity index (χ0v) is 26.5. The van der Waals surface area contributed by atoms with Gasteiger partial charge in [-0.3, -0.25) is 0 Å². The summed E-state index contributed by atoms with van der Waals surface area (Å²) in [5.41, 5.74) is 11.4. The van der Waals surface area contributed by atoms with Crippen LogP contribution in [0.2, 0.25) is 0 Å². The normalized spacial score (nSPS) is 11.7. The third-order valence-electron chi connectivity index (χ3n) is 9.69. The van der Waals surface area contributed by atoms with Crippen LogP contribution >= 0.6 is 0 Å². The van der Waals surface area contributed by atoms with Gasteiger partial charge in [0.25, 0.3) is 0 Å². The lowest BCUT2D eigenvalue weighted by Gasteiger charge is -2.27. The summed E-state index contributed by atoms with van der Waals surface area (Å²) >= 11 is 0. The number of nitrogens with zero attached hydrogens (tertiary/aromatic N) is 1. The Labute approximate surface area is 282 Å². The van der Waals surface area contributed by atoms with E-state index >= 15 is 0 Å². The molecular formula is C46H29NO2. The molecule has 0 atom stereocenters. The van der Waals surface area contributed by atoms with Gasteiger partial charge < -0.3 is 13.7 Å². The molecule has 0 N–H and O–H groups in total. The monoisotopic (exact) mass is 627 g/mol. The number of rotatable bonds is 5. The molecule has 10 aromatic rings. The Morgan fingerprint density at radius 1 is 0.347 bits per heavy atom. The van der Waals surface area contributed by atoms with Crippen molar-refractivity contribution in [2.24, 2.45) is 0 Å². The van der Waals surface area contributed by atoms with Crippen molar-refractivity contribution in [3.05, 3.63) is 176 Å². The third-order valence-corrected chi connectivity index (χ3v) is 9.69. The summed E-state index contributed by atoms with van der Waals surface area (Å²) in [6, 6.07) is 62.1. The maximum absolute atomic E-state index is 6.37. The smallest absolute Gasteiger partial charge is 0.143 e. The summed E-state index contributed by atoms with van der Waals surface area (Å²) < 4.78 is 12.6. The standard InChI is InChI=1S/C46H29NO2/c1-2-11-36-31(9-1)10-7-16-42(36)47(34-24-19-30(20-25-34)33-23-28-40-38-12-3-5-17-43(38)48-45(40)29-33)35-26-21-32(22-27-35)37-14-8-15-41-39-13-4-6-18-44(39)49-46(37)41/h1-29H. The Morgan fingerprint density at radius 2 is 0.898 bits per heavy atom. The first-order chi connectivity index (χ1) is 24.3. The van der Waals surface area contributed by atoms with Gasteiger partial charge in [-0.05, 0) is 76.7 Å². The predicted octanol–water partition coefficient (Wildman–Crippen LogP) is 13.4. The first kappa shape index (κ1) is 27.5. The van der Waals surface area contributed by atoms with Crippen LogP contribution in [-0.2, 0) is 0 Å². The Hall–Kier alpha value is -6.58. The molecule has 3 heteroatoms. The van der Waals surface area contributed by atoms with Gasteiger partial charge in [0.2, 0.25) is 0 Å². The van der Waals surface area contributed by atoms with E-state index in [-0.39, 0.29) is 0 Å². The Morgan fingerprint density at radius 3 is 1.67 bits per heavy atom. The van der Waals surface area contributed by atoms with Crippen LogP contribution in [-0.4, -0.2) is 0 Å². The van der Waals surface area contributed by atoms with Gasteiger partial charge >= 0.3 is 0 Å². The molecule has 10 rings (SSSR count). The minimum atomic E-state index is 0.901. The van der Waals surface area contributed by atoms with E-state index in [1.165, 1.54) is 10.8 Å². The highest BCUT2D eigenvalue weighted by atomic mass is 16.3. The lowest BCUT2D eigenvalue weighted by atomic mass is 10.0. The van der Waals surface area contributed by atoms with Crippen LogP contribution in [0.25, 0.3) is 76.9 Å². The largest absolute Gasteiger partial charge is 0.456 e. The molecule has 230 valence electrons. The van der Waals surface area contributed by atoms with E-state index in [0.29, 0.717) is 0 Å². The average Bonchev–Trinajstić information content (AvgIpc) is 3.74. The zero-order chi connectivity index (χ0) is 32.3. The van der Waals surface area contributed by atoms with Gasteiger partial charge in [0, 0.05) is 43.9 Å². The van der Waals surface area contributed by atoms with E-state index in [9.17, 15) is 0 Å². The summed E-state index contributed by atoms with van der Waals surface area (Å²) in [7, 11) is 0. The number of benzene rings is 8. The molecule has 49 heavy (non-hydrogen) atoms. The van der Waals surface area contributed by atoms with Crippen molar-refractivity contribution < 1.29 is 8.83 Å². The minimum absolute atomic E-state index is 0.901. The second-order valence-electron chi connectivity index (χ2n) is 12.5. The quantitative estimate of drug-likeness (QED) is 0.190. The van der Waals surface area contributed by atoms with Crippen molar-refractivity contribution in [2.45, 2.75) is 0 Å². The molecule has 2 aromatic heterocycles. The molecule has 0 radical (unpaired) electrons. The molecule has 0 unspecified atom stereocenters. The first-order valence-corrected chi connectivity index (χ1v) is 16.6. The molecule has 0 saturated heterocycles. The summed E-state index contributed by atoms with van der Waals surface area (Å²) in [5.74, 6) is 0. The SMILES string of the molecule is c1ccc2c(N(c3ccc(-c4ccc5c(c4)oc4ccccc45)cc3)c3ccc(-c4cccc5c4oc4ccccc45)cc3)cccc2c1. The van der Waals surface area contributed by atoms with Gasteiger partial charge in [-0.1, -0.05) is 121 Å². The van der Waals surface area contributed by atoms with E-state index in [1.54, 1.807) is 0 Å². The lowest BCUT2D eigenvalue weighted by molar-refractivity contribution is 0.669. The number of para-hydroxylation sites is 3. The molecule has 0 spiro atoms. The minimum Gasteiger partial charge on any atom is -0.456 e. The number of anilines is 3. The van der Waals surface area contributed by atoms with Gasteiger partial charge in [-0.25, -0.2) is 0 Å². The first-order valence-electron chi connectivity index (χ1n) is 16.6. The second-order valence-corrected chi connectivity index (χ2v) is 12.5. The maximum Gasteiger partial charge on any atom is 0.143 e. The van der Waals surface area contributed by atoms with Gasteiger partial charge in [0.15, 0.2) is 0 Å². The van der Waals surface area contributed by atoms with Crippen molar-refractivity contribution in [2.75, 3.05) is 4.90 Å². The molecule has 0 aliphatic rings. The Bertz CT molecular complexity index is 2820. The molecule has 0 aliphatic heterocycles. The van der Waals surface area contributed by atoms with Crippen molar-refractivity contribution in [1.82, 2.24) is 0 Å². The van der Waals surface area contributed by atoms with Crippen LogP contribution < -0.4 is 4.90 Å². The Balaban J connectivity index is 1.07. The summed E-state index contributed by atoms with van der Waals surface area (Å²) in [6.07, 6.45) is 0. The highest BCUT2D eigenvalue weighted by Gasteiger charge is 2.17. The second kappa shape index (κ2) is 11.0. The van der Waals surface area contributed by atoms with Crippen LogP contribution in [0.4, 0.5) is 17.1 Å².